The molecule has 3 saturated heterocycles. The van der Waals surface area contributed by atoms with Crippen molar-refractivity contribution in [1.82, 2.24) is 4.90 Å². The van der Waals surface area contributed by atoms with E-state index in [0.29, 0.717) is 0 Å². The van der Waals surface area contributed by atoms with Crippen LogP contribution >= 0.6 is 0 Å². The highest BCUT2D eigenvalue weighted by Gasteiger charge is 2.62. The van der Waals surface area contributed by atoms with E-state index in [0.717, 1.165) is 0 Å². The monoisotopic (exact) mass is 483 g/mol. The van der Waals surface area contributed by atoms with Gasteiger partial charge in [0.15, 0.2) is 0 Å². The molecule has 0 aromatic carbocycles. The van der Waals surface area contributed by atoms with Crippen LogP contribution in [0.2, 0.25) is 0 Å². The summed E-state index contributed by atoms with van der Waals surface area (Å²) in [5, 5.41) is 0. The summed E-state index contributed by atoms with van der Waals surface area (Å²) in [6.45, 7) is 25.1. The molecule has 3 fully saturated rings. The Balaban J connectivity index is 1.95. The quantitative estimate of drug-likeness (QED) is 0.556. The molecule has 3 heterocycles. The smallest absolute Gasteiger partial charge is 0.444 e. The molecule has 34 heavy (non-hydrogen) atoms. The molecule has 1 amide bonds. The highest BCUT2D eigenvalue weighted by atomic mass is 16.8. The Morgan fingerprint density at radius 2 is 1.29 bits per heavy atom. The summed E-state index contributed by atoms with van der Waals surface area (Å²) in [6.07, 6.45) is -0.501. The van der Waals surface area contributed by atoms with E-state index in [-0.39, 0.29) is 6.61 Å². The largest absolute Gasteiger partial charge is 0.640 e. The number of carbonyl (C=O) groups excluding carboxylic acids is 1. The van der Waals surface area contributed by atoms with Crippen LogP contribution in [0.25, 0.3) is 0 Å². The third-order valence-electron chi connectivity index (χ3n) is 7.53. The zero-order valence-electron chi connectivity index (χ0n) is 23.2. The van der Waals surface area contributed by atoms with Crippen LogP contribution in [-0.4, -0.2) is 77.8 Å². The van der Waals surface area contributed by atoms with Crippen molar-refractivity contribution in [3.8, 4) is 0 Å². The number of hydrogen-bond acceptors (Lipinski definition) is 8. The topological polar surface area (TPSA) is 84.9 Å². The van der Waals surface area contributed by atoms with Gasteiger partial charge in [0, 0.05) is 0 Å². The number of amides is 1. The van der Waals surface area contributed by atoms with Crippen molar-refractivity contribution in [3.63, 3.8) is 0 Å². The van der Waals surface area contributed by atoms with E-state index in [1.165, 1.54) is 0 Å². The Morgan fingerprint density at radius 3 is 1.74 bits per heavy atom. The first-order chi connectivity index (χ1) is 15.1. The average Bonchev–Trinajstić information content (AvgIpc) is 3.09. The predicted octanol–water partition coefficient (Wildman–Crippen LogP) is 3.96. The lowest BCUT2D eigenvalue weighted by Gasteiger charge is -2.38. The predicted molar refractivity (Wildman–Crippen MR) is 129 cm³/mol. The van der Waals surface area contributed by atoms with Crippen LogP contribution in [0.3, 0.4) is 0 Å². The Morgan fingerprint density at radius 1 is 0.853 bits per heavy atom. The summed E-state index contributed by atoms with van der Waals surface area (Å²) in [7, 11) is -1.77. The number of rotatable bonds is 4. The number of hydrogen-bond donors (Lipinski definition) is 0. The second-order valence-electron chi connectivity index (χ2n) is 12.9. The van der Waals surface area contributed by atoms with Crippen molar-refractivity contribution >= 4 is 20.5 Å². The maximum absolute atomic E-state index is 13.3. The normalized spacial score (nSPS) is 30.0. The van der Waals surface area contributed by atoms with E-state index in [1.54, 1.807) is 4.90 Å². The lowest BCUT2D eigenvalue weighted by molar-refractivity contribution is -0.0665. The summed E-state index contributed by atoms with van der Waals surface area (Å²) in [6, 6.07) is -1.34. The van der Waals surface area contributed by atoms with Gasteiger partial charge in [0.05, 0.1) is 35.1 Å². The molecule has 0 unspecified atom stereocenters. The SMILES string of the molecule is CC(C)(C)OC(=O)N1[C@@H]([C@@H](OB2OC(C)(C)C(C)(C)O2)B2OC(C)(C)C(C)(C)O2)COC1(C)C. The molecule has 0 aromatic heterocycles. The molecule has 0 bridgehead atoms. The van der Waals surface area contributed by atoms with Gasteiger partial charge in [-0.2, -0.15) is 0 Å². The molecule has 3 aliphatic rings. The summed E-state index contributed by atoms with van der Waals surface area (Å²) in [5.74, 6) is 0. The summed E-state index contributed by atoms with van der Waals surface area (Å²) >= 11 is 0. The molecule has 0 aliphatic carbocycles. The third-order valence-corrected chi connectivity index (χ3v) is 7.53. The highest BCUT2D eigenvalue weighted by Crippen LogP contribution is 2.43. The lowest BCUT2D eigenvalue weighted by atomic mass is 9.75. The molecule has 0 radical (unpaired) electrons. The van der Waals surface area contributed by atoms with Crippen molar-refractivity contribution in [2.75, 3.05) is 6.61 Å². The van der Waals surface area contributed by atoms with Crippen molar-refractivity contribution in [3.05, 3.63) is 0 Å². The fourth-order valence-electron chi connectivity index (χ4n) is 4.07. The fourth-order valence-corrected chi connectivity index (χ4v) is 4.07. The lowest BCUT2D eigenvalue weighted by Crippen LogP contribution is -2.59. The van der Waals surface area contributed by atoms with Gasteiger partial charge in [-0.25, -0.2) is 4.79 Å². The maximum Gasteiger partial charge on any atom is 0.640 e. The summed E-state index contributed by atoms with van der Waals surface area (Å²) in [5.41, 5.74) is -3.97. The van der Waals surface area contributed by atoms with Crippen LogP contribution in [-0.2, 0) is 32.7 Å². The zero-order chi connectivity index (χ0) is 26.1. The van der Waals surface area contributed by atoms with Gasteiger partial charge in [-0.1, -0.05) is 0 Å². The molecule has 0 saturated carbocycles. The Kier molecular flexibility index (Phi) is 6.81. The third kappa shape index (κ3) is 5.15. The molecular weight excluding hydrogens is 440 g/mol. The van der Waals surface area contributed by atoms with Gasteiger partial charge >= 0.3 is 20.5 Å². The Bertz CT molecular complexity index is 760. The Hall–Kier alpha value is -0.840. The van der Waals surface area contributed by atoms with E-state index < -0.39 is 66.3 Å². The van der Waals surface area contributed by atoms with Crippen molar-refractivity contribution in [2.45, 2.75) is 136 Å². The molecule has 0 N–H and O–H groups in total. The molecule has 0 spiro atoms. The van der Waals surface area contributed by atoms with Crippen LogP contribution in [0, 0.1) is 0 Å². The minimum absolute atomic E-state index is 0.209. The van der Waals surface area contributed by atoms with Gasteiger partial charge in [-0.15, -0.1) is 0 Å². The van der Waals surface area contributed by atoms with Gasteiger partial charge in [0.1, 0.15) is 17.3 Å². The van der Waals surface area contributed by atoms with E-state index in [1.807, 2.05) is 90.0 Å². The number of carbonyl (C=O) groups is 1. The first-order valence-corrected chi connectivity index (χ1v) is 12.1. The number of nitrogens with zero attached hydrogens (tertiary/aromatic N) is 1. The first kappa shape index (κ1) is 27.7. The van der Waals surface area contributed by atoms with E-state index in [2.05, 4.69) is 0 Å². The van der Waals surface area contributed by atoms with Crippen LogP contribution in [0.5, 0.6) is 0 Å². The molecule has 194 valence electrons. The standard InChI is InChI=1S/C23H43B2NO8/c1-18(2,3)29-17(27)26-15(14-28-23(26,12)13)16(24-31-19(4,5)20(6,7)32-24)30-25-33-21(8,9)22(10,11)34-25/h15-16H,14H2,1-13H3/t15-,16-/m1/s1. The van der Waals surface area contributed by atoms with Crippen molar-refractivity contribution < 1.29 is 37.5 Å². The second-order valence-corrected chi connectivity index (χ2v) is 12.9. The van der Waals surface area contributed by atoms with Crippen LogP contribution in [0.1, 0.15) is 90.0 Å². The van der Waals surface area contributed by atoms with Crippen LogP contribution in [0.15, 0.2) is 0 Å². The molecule has 3 aliphatic heterocycles. The summed E-state index contributed by atoms with van der Waals surface area (Å²) < 4.78 is 43.1. The molecule has 11 heteroatoms. The highest BCUT2D eigenvalue weighted by molar-refractivity contribution is 6.49. The zero-order valence-corrected chi connectivity index (χ0v) is 23.2. The first-order valence-electron chi connectivity index (χ1n) is 12.1. The molecular formula is C23H43B2NO8. The summed E-state index contributed by atoms with van der Waals surface area (Å²) in [4.78, 5) is 14.9. The van der Waals surface area contributed by atoms with Gasteiger partial charge in [0.25, 0.3) is 0 Å². The molecule has 0 aromatic rings. The van der Waals surface area contributed by atoms with Gasteiger partial charge in [-0.3, -0.25) is 4.90 Å². The maximum atomic E-state index is 13.3. The van der Waals surface area contributed by atoms with Gasteiger partial charge in [-0.05, 0) is 90.0 Å². The van der Waals surface area contributed by atoms with E-state index >= 15 is 0 Å². The molecule has 3 rings (SSSR count). The van der Waals surface area contributed by atoms with E-state index in [9.17, 15) is 4.79 Å². The number of ether oxygens (including phenoxy) is 2. The fraction of sp³-hybridized carbons (Fsp3) is 0.957. The van der Waals surface area contributed by atoms with Crippen molar-refractivity contribution in [1.29, 1.82) is 0 Å². The average molecular weight is 483 g/mol. The minimum atomic E-state index is -0.974. The van der Waals surface area contributed by atoms with E-state index in [4.69, 9.17) is 32.7 Å². The minimum Gasteiger partial charge on any atom is -0.444 e. The van der Waals surface area contributed by atoms with Crippen LogP contribution in [0.4, 0.5) is 4.79 Å². The second kappa shape index (κ2) is 8.35. The van der Waals surface area contributed by atoms with Crippen molar-refractivity contribution in [2.24, 2.45) is 0 Å². The molecule has 9 nitrogen and oxygen atoms in total. The van der Waals surface area contributed by atoms with Gasteiger partial charge < -0.3 is 32.7 Å². The molecule has 2 atom stereocenters. The van der Waals surface area contributed by atoms with Crippen LogP contribution < -0.4 is 0 Å². The Labute approximate surface area is 205 Å². The van der Waals surface area contributed by atoms with Gasteiger partial charge in [0.2, 0.25) is 0 Å².